The number of hydrogen-bond acceptors (Lipinski definition) is 4. The summed E-state index contributed by atoms with van der Waals surface area (Å²) < 4.78 is 25.6. The summed E-state index contributed by atoms with van der Waals surface area (Å²) in [5.41, 5.74) is 6.53. The van der Waals surface area contributed by atoms with Gasteiger partial charge >= 0.3 is 0 Å². The van der Waals surface area contributed by atoms with Crippen molar-refractivity contribution in [1.82, 2.24) is 0 Å². The van der Waals surface area contributed by atoms with Crippen LogP contribution in [0.3, 0.4) is 0 Å². The van der Waals surface area contributed by atoms with E-state index >= 15 is 0 Å². The van der Waals surface area contributed by atoms with Crippen LogP contribution < -0.4 is 0 Å². The third-order valence-electron chi connectivity index (χ3n) is 6.48. The summed E-state index contributed by atoms with van der Waals surface area (Å²) in [5.74, 6) is 0.125. The van der Waals surface area contributed by atoms with Crippen LogP contribution in [0.5, 0.6) is 0 Å². The Hall–Kier alpha value is -2.79. The topological polar surface area (TPSA) is 68.3 Å². The Labute approximate surface area is 245 Å². The van der Waals surface area contributed by atoms with Crippen molar-refractivity contribution < 1.29 is 18.0 Å². The monoisotopic (exact) mass is 570 g/mol. The molecule has 0 aromatic heterocycles. The smallest absolute Gasteiger partial charge is 0.181 e. The van der Waals surface area contributed by atoms with Crippen LogP contribution in [0.2, 0.25) is 0 Å². The van der Waals surface area contributed by atoms with E-state index in [-0.39, 0.29) is 17.1 Å². The second-order valence-corrected chi connectivity index (χ2v) is 12.0. The number of sulfone groups is 1. The molecule has 2 aromatic rings. The van der Waals surface area contributed by atoms with Crippen LogP contribution in [0.25, 0.3) is 0 Å². The zero-order valence-corrected chi connectivity index (χ0v) is 27.5. The third kappa shape index (κ3) is 13.0. The summed E-state index contributed by atoms with van der Waals surface area (Å²) in [7, 11) is -3.34. The van der Waals surface area contributed by atoms with E-state index in [1.165, 1.54) is 28.7 Å². The highest BCUT2D eigenvalue weighted by Gasteiger charge is 2.33. The van der Waals surface area contributed by atoms with Crippen LogP contribution in [0.4, 0.5) is 0 Å². The maximum Gasteiger partial charge on any atom is 0.181 e. The summed E-state index contributed by atoms with van der Waals surface area (Å²) in [6.07, 6.45) is 8.98. The lowest BCUT2D eigenvalue weighted by molar-refractivity contribution is -0.107. The van der Waals surface area contributed by atoms with Gasteiger partial charge in [-0.2, -0.15) is 0 Å². The Bertz CT molecular complexity index is 1120. The Morgan fingerprint density at radius 1 is 0.875 bits per heavy atom. The number of carbonyl (C=O) groups excluding carboxylic acids is 2. The Morgan fingerprint density at radius 2 is 1.32 bits per heavy atom. The Morgan fingerprint density at radius 3 is 1.75 bits per heavy atom. The normalized spacial score (nSPS) is 14.6. The number of aryl methyl sites for hydroxylation is 2. The molecule has 1 aliphatic rings. The number of rotatable bonds is 7. The lowest BCUT2D eigenvalue weighted by atomic mass is 9.66. The summed E-state index contributed by atoms with van der Waals surface area (Å²) >= 11 is 0. The zero-order chi connectivity index (χ0) is 31.4. The average molecular weight is 571 g/mol. The van der Waals surface area contributed by atoms with Gasteiger partial charge in [0.1, 0.15) is 13.1 Å². The molecule has 1 aliphatic carbocycles. The maximum absolute atomic E-state index is 12.8. The van der Waals surface area contributed by atoms with Crippen LogP contribution in [0, 0.1) is 19.3 Å². The minimum absolute atomic E-state index is 0.0190. The van der Waals surface area contributed by atoms with Gasteiger partial charge in [0.05, 0.1) is 10.6 Å². The standard InChI is InChI=1S/C27H34O2S.C3H6O.2C2H6.CH2O/c1-20-10-14-23(15-11-20)25(26-22(3)8-6-18-27(26,4)5)9-7-19-30(28,29)24-16-12-21(2)13-17-24;1-2-3-4;3*1-2/h7,9-17,25H,6,8,18-19H2,1-5H3;3H,2H2,1H3;2*1-2H3;1H2. The molecule has 0 spiro atoms. The number of aldehydes is 1. The van der Waals surface area contributed by atoms with E-state index in [2.05, 4.69) is 58.0 Å². The van der Waals surface area contributed by atoms with E-state index < -0.39 is 9.84 Å². The fourth-order valence-electron chi connectivity index (χ4n) is 4.64. The number of hydrogen-bond donors (Lipinski definition) is 0. The van der Waals surface area contributed by atoms with Crippen molar-refractivity contribution in [3.63, 3.8) is 0 Å². The molecule has 1 atom stereocenters. The maximum atomic E-state index is 12.8. The van der Waals surface area contributed by atoms with Gasteiger partial charge in [-0.15, -0.1) is 0 Å². The van der Waals surface area contributed by atoms with Gasteiger partial charge in [0.25, 0.3) is 0 Å². The van der Waals surface area contributed by atoms with Gasteiger partial charge in [0.2, 0.25) is 0 Å². The molecule has 0 amide bonds. The van der Waals surface area contributed by atoms with Gasteiger partial charge < -0.3 is 9.59 Å². The molecule has 4 nitrogen and oxygen atoms in total. The fourth-order valence-corrected chi connectivity index (χ4v) is 5.74. The molecule has 0 saturated carbocycles. The van der Waals surface area contributed by atoms with E-state index in [1.807, 2.05) is 66.5 Å². The van der Waals surface area contributed by atoms with Crippen LogP contribution in [0.15, 0.2) is 76.7 Å². The molecule has 3 rings (SSSR count). The molecule has 0 fully saturated rings. The molecular weight excluding hydrogens is 516 g/mol. The first-order chi connectivity index (χ1) is 19.0. The van der Waals surface area contributed by atoms with Crippen LogP contribution in [-0.4, -0.2) is 27.2 Å². The van der Waals surface area contributed by atoms with Crippen molar-refractivity contribution in [3.8, 4) is 0 Å². The molecule has 0 saturated heterocycles. The quantitative estimate of drug-likeness (QED) is 0.246. The number of allylic oxidation sites excluding steroid dienone is 3. The molecule has 224 valence electrons. The highest BCUT2D eigenvalue weighted by Crippen LogP contribution is 2.47. The van der Waals surface area contributed by atoms with Crippen molar-refractivity contribution in [2.45, 2.75) is 106 Å². The molecule has 0 heterocycles. The lowest BCUT2D eigenvalue weighted by Crippen LogP contribution is -2.24. The van der Waals surface area contributed by atoms with Crippen molar-refractivity contribution >= 4 is 22.9 Å². The van der Waals surface area contributed by atoms with Crippen molar-refractivity contribution in [2.75, 3.05) is 5.75 Å². The predicted molar refractivity (Wildman–Crippen MR) is 173 cm³/mol. The van der Waals surface area contributed by atoms with Gasteiger partial charge in [-0.25, -0.2) is 8.42 Å². The first kappa shape index (κ1) is 39.4. The minimum atomic E-state index is -3.34. The van der Waals surface area contributed by atoms with Crippen molar-refractivity contribution in [1.29, 1.82) is 0 Å². The van der Waals surface area contributed by atoms with Gasteiger partial charge in [0, 0.05) is 12.3 Å². The molecule has 5 heteroatoms. The third-order valence-corrected chi connectivity index (χ3v) is 8.10. The lowest BCUT2D eigenvalue weighted by Gasteiger charge is -2.38. The molecule has 0 N–H and O–H groups in total. The predicted octanol–water partition coefficient (Wildman–Crippen LogP) is 9.41. The Kier molecular flexibility index (Phi) is 20.7. The number of benzene rings is 2. The van der Waals surface area contributed by atoms with Gasteiger partial charge in [-0.05, 0) is 63.1 Å². The second kappa shape index (κ2) is 21.0. The van der Waals surface area contributed by atoms with E-state index in [0.717, 1.165) is 24.7 Å². The molecule has 0 bridgehead atoms. The molecule has 0 radical (unpaired) electrons. The van der Waals surface area contributed by atoms with Crippen LogP contribution in [-0.2, 0) is 19.4 Å². The minimum Gasteiger partial charge on any atom is -0.307 e. The fraction of sp³-hybridized carbons (Fsp3) is 0.486. The summed E-state index contributed by atoms with van der Waals surface area (Å²) in [6.45, 7) is 22.8. The largest absolute Gasteiger partial charge is 0.307 e. The van der Waals surface area contributed by atoms with Crippen molar-refractivity contribution in [2.24, 2.45) is 5.41 Å². The van der Waals surface area contributed by atoms with Gasteiger partial charge in [0.15, 0.2) is 9.84 Å². The second-order valence-electron chi connectivity index (χ2n) is 9.92. The van der Waals surface area contributed by atoms with Crippen LogP contribution in [0.1, 0.15) is 104 Å². The first-order valence-electron chi connectivity index (χ1n) is 14.5. The highest BCUT2D eigenvalue weighted by atomic mass is 32.2. The van der Waals surface area contributed by atoms with E-state index in [1.54, 1.807) is 12.1 Å². The summed E-state index contributed by atoms with van der Waals surface area (Å²) in [5, 5.41) is 0. The highest BCUT2D eigenvalue weighted by molar-refractivity contribution is 7.91. The molecule has 0 aliphatic heterocycles. The van der Waals surface area contributed by atoms with Gasteiger partial charge in [-0.3, -0.25) is 0 Å². The molecule has 1 unspecified atom stereocenters. The molecular formula is C35H54O4S. The van der Waals surface area contributed by atoms with E-state index in [9.17, 15) is 13.2 Å². The van der Waals surface area contributed by atoms with E-state index in [0.29, 0.717) is 11.3 Å². The molecule has 40 heavy (non-hydrogen) atoms. The van der Waals surface area contributed by atoms with E-state index in [4.69, 9.17) is 4.79 Å². The number of carbonyl (C=O) groups is 2. The Balaban J connectivity index is 0. The average Bonchev–Trinajstić information content (AvgIpc) is 2.96. The van der Waals surface area contributed by atoms with Gasteiger partial charge in [-0.1, -0.05) is 119 Å². The summed E-state index contributed by atoms with van der Waals surface area (Å²) in [6, 6.07) is 15.8. The zero-order valence-electron chi connectivity index (χ0n) is 26.7. The first-order valence-corrected chi connectivity index (χ1v) is 16.1. The van der Waals surface area contributed by atoms with Crippen LogP contribution >= 0.6 is 0 Å². The molecule has 2 aromatic carbocycles. The SMILES string of the molecule is C=O.CC.CC.CC1=C(C(C=CCS(=O)(=O)c2ccc(C)cc2)c2ccc(C)cc2)C(C)(C)CCC1.CCC=O. The summed E-state index contributed by atoms with van der Waals surface area (Å²) in [4.78, 5) is 17.6. The van der Waals surface area contributed by atoms with Crippen molar-refractivity contribution in [3.05, 3.63) is 88.5 Å².